The summed E-state index contributed by atoms with van der Waals surface area (Å²) in [6.45, 7) is 6.70. The van der Waals surface area contributed by atoms with Crippen molar-refractivity contribution in [1.82, 2.24) is 0 Å². The molecule has 0 amide bonds. The lowest BCUT2D eigenvalue weighted by Crippen LogP contribution is -2.36. The minimum absolute atomic E-state index is 0.0743. The first-order chi connectivity index (χ1) is 16.0. The van der Waals surface area contributed by atoms with Crippen LogP contribution in [0.5, 0.6) is 11.5 Å². The lowest BCUT2D eigenvalue weighted by Gasteiger charge is -2.26. The average Bonchev–Trinajstić information content (AvgIpc) is 2.75. The van der Waals surface area contributed by atoms with Crippen LogP contribution in [0.3, 0.4) is 0 Å². The number of nitro groups is 1. The molecule has 10 nitrogen and oxygen atoms in total. The van der Waals surface area contributed by atoms with Crippen LogP contribution in [0, 0.1) is 10.1 Å². The Kier molecular flexibility index (Phi) is 9.23. The number of carbonyl (C=O) groups excluding carboxylic acids is 2. The van der Waals surface area contributed by atoms with Crippen molar-refractivity contribution in [2.75, 3.05) is 7.11 Å². The number of carbonyl (C=O) groups is 2. The predicted molar refractivity (Wildman–Crippen MR) is 122 cm³/mol. The van der Waals surface area contributed by atoms with E-state index in [1.165, 1.54) is 24.3 Å². The molecular weight excluding hydrogens is 446 g/mol. The van der Waals surface area contributed by atoms with Crippen LogP contribution in [-0.4, -0.2) is 42.2 Å². The second-order valence-electron chi connectivity index (χ2n) is 8.43. The van der Waals surface area contributed by atoms with Crippen molar-refractivity contribution in [2.24, 2.45) is 0 Å². The van der Waals surface area contributed by atoms with Crippen molar-refractivity contribution >= 4 is 18.0 Å². The third kappa shape index (κ3) is 8.97. The van der Waals surface area contributed by atoms with Crippen molar-refractivity contribution < 1.29 is 38.2 Å². The molecule has 34 heavy (non-hydrogen) atoms. The van der Waals surface area contributed by atoms with Crippen LogP contribution in [0.25, 0.3) is 0 Å². The zero-order valence-electron chi connectivity index (χ0n) is 19.8. The first-order valence-electron chi connectivity index (χ1n) is 10.6. The zero-order valence-corrected chi connectivity index (χ0v) is 19.8. The topological polar surface area (TPSA) is 123 Å². The number of aryl methyl sites for hydroxylation is 1. The second kappa shape index (κ2) is 11.9. The van der Waals surface area contributed by atoms with Gasteiger partial charge < -0.3 is 23.7 Å². The summed E-state index contributed by atoms with van der Waals surface area (Å²) < 4.78 is 26.2. The molecule has 184 valence electrons. The van der Waals surface area contributed by atoms with Gasteiger partial charge >= 0.3 is 12.3 Å². The largest absolute Gasteiger partial charge is 0.514 e. The average molecular weight is 475 g/mol. The number of ether oxygens (including phenoxy) is 5. The van der Waals surface area contributed by atoms with Gasteiger partial charge in [-0.2, -0.15) is 0 Å². The van der Waals surface area contributed by atoms with Gasteiger partial charge in [0.1, 0.15) is 29.3 Å². The van der Waals surface area contributed by atoms with Crippen LogP contribution < -0.4 is 9.47 Å². The van der Waals surface area contributed by atoms with E-state index in [9.17, 15) is 19.7 Å². The third-order valence-corrected chi connectivity index (χ3v) is 4.57. The van der Waals surface area contributed by atoms with Gasteiger partial charge in [0.05, 0.1) is 12.0 Å². The minimum atomic E-state index is -1.03. The van der Waals surface area contributed by atoms with E-state index < -0.39 is 35.0 Å². The highest BCUT2D eigenvalue weighted by atomic mass is 16.8. The normalized spacial score (nSPS) is 12.7. The molecule has 0 aliphatic carbocycles. The molecule has 0 radical (unpaired) electrons. The molecule has 0 saturated heterocycles. The molecule has 0 aliphatic rings. The lowest BCUT2D eigenvalue weighted by atomic mass is 10.0. The predicted octanol–water partition coefficient (Wildman–Crippen LogP) is 5.46. The Bertz CT molecular complexity index is 965. The molecule has 0 N–H and O–H groups in total. The van der Waals surface area contributed by atoms with Crippen molar-refractivity contribution in [3.05, 3.63) is 64.2 Å². The summed E-state index contributed by atoms with van der Waals surface area (Å²) in [7, 11) is 1.57. The number of non-ortho nitro benzene ring substituents is 1. The number of hydrogen-bond acceptors (Lipinski definition) is 9. The maximum Gasteiger partial charge on any atom is 0.514 e. The van der Waals surface area contributed by atoms with E-state index in [1.807, 2.05) is 24.3 Å². The van der Waals surface area contributed by atoms with E-state index >= 15 is 0 Å². The highest BCUT2D eigenvalue weighted by Gasteiger charge is 2.28. The fraction of sp³-hybridized carbons (Fsp3) is 0.417. The summed E-state index contributed by atoms with van der Waals surface area (Å²) in [6, 6.07) is 12.4. The van der Waals surface area contributed by atoms with Crippen LogP contribution in [0.4, 0.5) is 15.3 Å². The van der Waals surface area contributed by atoms with E-state index in [0.717, 1.165) is 5.56 Å². The standard InChI is InChI=1S/C24H29NO9/c1-16(31-23(27)34-24(2,3)4)21(15-8-17-6-11-19(30-5)12-7-17)33-22(26)32-20-13-9-18(10-14-20)25(28)29/h6-7,9-14,16,21H,8,15H2,1-5H3/t16-,21-/m0/s1. The number of methoxy groups -OCH3 is 1. The van der Waals surface area contributed by atoms with Crippen LogP contribution in [0.15, 0.2) is 48.5 Å². The Morgan fingerprint density at radius 1 is 0.941 bits per heavy atom. The Hall–Kier alpha value is -3.82. The number of nitrogens with zero attached hydrogens (tertiary/aromatic N) is 1. The molecule has 0 aromatic heterocycles. The van der Waals surface area contributed by atoms with Gasteiger partial charge in [-0.15, -0.1) is 0 Å². The lowest BCUT2D eigenvalue weighted by molar-refractivity contribution is -0.384. The molecule has 0 spiro atoms. The van der Waals surface area contributed by atoms with E-state index in [2.05, 4.69) is 0 Å². The van der Waals surface area contributed by atoms with Crippen molar-refractivity contribution in [3.63, 3.8) is 0 Å². The summed E-state index contributed by atoms with van der Waals surface area (Å²) in [5, 5.41) is 10.8. The molecule has 2 rings (SSSR count). The number of nitro benzene ring substituents is 1. The second-order valence-corrected chi connectivity index (χ2v) is 8.43. The summed E-state index contributed by atoms with van der Waals surface area (Å²) >= 11 is 0. The molecule has 2 aromatic carbocycles. The van der Waals surface area contributed by atoms with Gasteiger partial charge in [-0.25, -0.2) is 9.59 Å². The Labute approximate surface area is 197 Å². The van der Waals surface area contributed by atoms with Gasteiger partial charge in [0.2, 0.25) is 0 Å². The van der Waals surface area contributed by atoms with Crippen LogP contribution in [-0.2, 0) is 20.6 Å². The molecule has 0 unspecified atom stereocenters. The molecular formula is C24H29NO9. The molecule has 0 saturated carbocycles. The fourth-order valence-corrected chi connectivity index (χ4v) is 2.87. The Balaban J connectivity index is 2.06. The smallest absolute Gasteiger partial charge is 0.497 e. The quantitative estimate of drug-likeness (QED) is 0.201. The van der Waals surface area contributed by atoms with Crippen molar-refractivity contribution in [3.8, 4) is 11.5 Å². The summed E-state index contributed by atoms with van der Waals surface area (Å²) in [5.41, 5.74) is 0.0746. The summed E-state index contributed by atoms with van der Waals surface area (Å²) in [6.07, 6.45) is -2.76. The minimum Gasteiger partial charge on any atom is -0.497 e. The van der Waals surface area contributed by atoms with E-state index in [1.54, 1.807) is 34.8 Å². The van der Waals surface area contributed by atoms with E-state index in [0.29, 0.717) is 18.6 Å². The molecule has 0 bridgehead atoms. The van der Waals surface area contributed by atoms with Gasteiger partial charge in [-0.05, 0) is 70.4 Å². The maximum absolute atomic E-state index is 12.4. The zero-order chi connectivity index (χ0) is 25.3. The Morgan fingerprint density at radius 3 is 2.06 bits per heavy atom. The van der Waals surface area contributed by atoms with Crippen LogP contribution in [0.1, 0.15) is 39.7 Å². The number of benzene rings is 2. The van der Waals surface area contributed by atoms with Gasteiger partial charge in [0, 0.05) is 12.1 Å². The summed E-state index contributed by atoms with van der Waals surface area (Å²) in [5.74, 6) is 0.787. The first-order valence-corrected chi connectivity index (χ1v) is 10.6. The molecule has 0 heterocycles. The van der Waals surface area contributed by atoms with Crippen molar-refractivity contribution in [1.29, 1.82) is 0 Å². The van der Waals surface area contributed by atoms with Crippen LogP contribution in [0.2, 0.25) is 0 Å². The highest BCUT2D eigenvalue weighted by Crippen LogP contribution is 2.21. The third-order valence-electron chi connectivity index (χ3n) is 4.57. The van der Waals surface area contributed by atoms with Crippen LogP contribution >= 0.6 is 0 Å². The SMILES string of the molecule is COc1ccc(CC[C@H](OC(=O)Oc2ccc([N+](=O)[O-])cc2)[C@H](C)OC(=O)OC(C)(C)C)cc1. The summed E-state index contributed by atoms with van der Waals surface area (Å²) in [4.78, 5) is 34.7. The van der Waals surface area contributed by atoms with E-state index in [4.69, 9.17) is 23.7 Å². The first kappa shape index (κ1) is 26.4. The van der Waals surface area contributed by atoms with Gasteiger partial charge in [0.15, 0.2) is 0 Å². The fourth-order valence-electron chi connectivity index (χ4n) is 2.87. The number of hydrogen-bond donors (Lipinski definition) is 0. The maximum atomic E-state index is 12.4. The van der Waals surface area contributed by atoms with Gasteiger partial charge in [-0.1, -0.05) is 12.1 Å². The molecule has 0 fully saturated rings. The molecule has 0 aliphatic heterocycles. The van der Waals surface area contributed by atoms with Gasteiger partial charge in [0.25, 0.3) is 5.69 Å². The van der Waals surface area contributed by atoms with E-state index in [-0.39, 0.29) is 11.4 Å². The highest BCUT2D eigenvalue weighted by molar-refractivity contribution is 5.64. The number of rotatable bonds is 9. The Morgan fingerprint density at radius 2 is 1.53 bits per heavy atom. The van der Waals surface area contributed by atoms with Gasteiger partial charge in [-0.3, -0.25) is 10.1 Å². The van der Waals surface area contributed by atoms with Crippen molar-refractivity contribution in [2.45, 2.75) is 58.3 Å². The molecule has 10 heteroatoms. The monoisotopic (exact) mass is 475 g/mol. The molecule has 2 atom stereocenters. The molecule has 2 aromatic rings.